The van der Waals surface area contributed by atoms with Gasteiger partial charge in [-0.1, -0.05) is 65.7 Å². The molecule has 2 saturated heterocycles. The van der Waals surface area contributed by atoms with Gasteiger partial charge in [-0.05, 0) is 31.4 Å². The second kappa shape index (κ2) is 14.9. The Bertz CT molecular complexity index is 2110. The summed E-state index contributed by atoms with van der Waals surface area (Å²) in [6, 6.07) is 17.4. The number of aromatic nitrogens is 4. The molecule has 0 bridgehead atoms. The Labute approximate surface area is 299 Å². The summed E-state index contributed by atoms with van der Waals surface area (Å²) in [5, 5.41) is 15.5. The summed E-state index contributed by atoms with van der Waals surface area (Å²) in [7, 11) is 3.33. The van der Waals surface area contributed by atoms with Crippen LogP contribution in [0, 0.1) is 0 Å². The largest absolute Gasteiger partial charge is 0.481 e. The quantitative estimate of drug-likeness (QED) is 0.157. The molecule has 2 atom stereocenters. The highest BCUT2D eigenvalue weighted by Gasteiger charge is 2.22. The van der Waals surface area contributed by atoms with E-state index in [1.165, 1.54) is 0 Å². The van der Waals surface area contributed by atoms with Crippen molar-refractivity contribution >= 4 is 34.6 Å². The molecule has 0 aliphatic carbocycles. The first kappa shape index (κ1) is 34.2. The van der Waals surface area contributed by atoms with Crippen LogP contribution in [0.1, 0.15) is 37.1 Å². The van der Waals surface area contributed by atoms with E-state index in [2.05, 4.69) is 16.0 Å². The summed E-state index contributed by atoms with van der Waals surface area (Å²) in [5.74, 6) is 1.22. The number of carbonyl (C=O) groups excluding carboxylic acids is 1. The van der Waals surface area contributed by atoms with Crippen molar-refractivity contribution in [2.24, 2.45) is 7.05 Å². The zero-order valence-electron chi connectivity index (χ0n) is 28.0. The van der Waals surface area contributed by atoms with E-state index < -0.39 is 0 Å². The lowest BCUT2D eigenvalue weighted by Crippen LogP contribution is -2.35. The first-order chi connectivity index (χ1) is 24.3. The summed E-state index contributed by atoms with van der Waals surface area (Å²) < 4.78 is 14.6. The fraction of sp³-hybridized carbons (Fsp3) is 0.351. The number of nitrogens with zero attached hydrogens (tertiary/aromatic N) is 4. The van der Waals surface area contributed by atoms with Gasteiger partial charge >= 0.3 is 0 Å². The molecule has 0 unspecified atom stereocenters. The van der Waals surface area contributed by atoms with Crippen molar-refractivity contribution in [1.82, 2.24) is 35.1 Å². The standard InChI is InChI=1S/C37H39Cl2N7O4/c1-45-32(20-41-19-25-6-5-15-50-25)44-46-21-23(16-31(46)37(45)48)26-7-3-8-27(34(26)38)28-9-4-10-29(35(28)39)30-13-11-22(36(43-30)49-2)17-40-18-24-12-14-33(47)42-24/h3-4,7-11,13,16,21,24-25,40-41H,5-6,12,14-15,17-20H2,1-2H3,(H,42,47)/t24-,25+/m0/s1. The van der Waals surface area contributed by atoms with E-state index in [4.69, 9.17) is 42.8 Å². The van der Waals surface area contributed by atoms with Crippen LogP contribution in [0.25, 0.3) is 39.0 Å². The van der Waals surface area contributed by atoms with Crippen molar-refractivity contribution in [1.29, 1.82) is 0 Å². The summed E-state index contributed by atoms with van der Waals surface area (Å²) in [4.78, 5) is 29.7. The molecule has 260 valence electrons. The first-order valence-electron chi connectivity index (χ1n) is 16.8. The molecule has 3 N–H and O–H groups in total. The third-order valence-electron chi connectivity index (χ3n) is 9.41. The Morgan fingerprint density at radius 3 is 2.42 bits per heavy atom. The molecule has 2 fully saturated rings. The number of amides is 1. The van der Waals surface area contributed by atoms with E-state index in [1.54, 1.807) is 23.2 Å². The Morgan fingerprint density at radius 1 is 0.960 bits per heavy atom. The highest BCUT2D eigenvalue weighted by atomic mass is 35.5. The normalized spacial score (nSPS) is 17.5. The van der Waals surface area contributed by atoms with Crippen LogP contribution in [0.3, 0.4) is 0 Å². The number of hydrogen-bond acceptors (Lipinski definition) is 8. The molecule has 5 heterocycles. The highest BCUT2D eigenvalue weighted by Crippen LogP contribution is 2.42. The predicted molar refractivity (Wildman–Crippen MR) is 195 cm³/mol. The van der Waals surface area contributed by atoms with Gasteiger partial charge in [0.15, 0.2) is 0 Å². The van der Waals surface area contributed by atoms with E-state index >= 15 is 0 Å². The van der Waals surface area contributed by atoms with Gasteiger partial charge in [0.05, 0.1) is 35.5 Å². The molecule has 0 spiro atoms. The minimum Gasteiger partial charge on any atom is -0.481 e. The molecular weight excluding hydrogens is 677 g/mol. The molecular formula is C37H39Cl2N7O4. The van der Waals surface area contributed by atoms with Crippen LogP contribution in [0.2, 0.25) is 10.0 Å². The Morgan fingerprint density at radius 2 is 1.70 bits per heavy atom. The first-order valence-corrected chi connectivity index (χ1v) is 17.6. The molecule has 1 amide bonds. The van der Waals surface area contributed by atoms with E-state index in [0.29, 0.717) is 65.6 Å². The summed E-state index contributed by atoms with van der Waals surface area (Å²) >= 11 is 14.2. The molecule has 50 heavy (non-hydrogen) atoms. The van der Waals surface area contributed by atoms with Gasteiger partial charge in [0.2, 0.25) is 11.8 Å². The molecule has 13 heteroatoms. The van der Waals surface area contributed by atoms with Gasteiger partial charge in [0, 0.05) is 85.3 Å². The third kappa shape index (κ3) is 7.01. The average Bonchev–Trinajstić information content (AvgIpc) is 3.89. The molecule has 7 rings (SSSR count). The lowest BCUT2D eigenvalue weighted by molar-refractivity contribution is -0.119. The lowest BCUT2D eigenvalue weighted by Gasteiger charge is -2.15. The molecule has 0 radical (unpaired) electrons. The maximum atomic E-state index is 13.4. The Hall–Kier alpha value is -4.26. The number of methoxy groups -OCH3 is 1. The molecule has 11 nitrogen and oxygen atoms in total. The van der Waals surface area contributed by atoms with Crippen molar-refractivity contribution < 1.29 is 14.3 Å². The molecule has 5 aromatic rings. The smallest absolute Gasteiger partial charge is 0.277 e. The van der Waals surface area contributed by atoms with Crippen LogP contribution in [0.5, 0.6) is 5.88 Å². The lowest BCUT2D eigenvalue weighted by atomic mass is 9.97. The van der Waals surface area contributed by atoms with Crippen LogP contribution in [-0.2, 0) is 29.7 Å². The van der Waals surface area contributed by atoms with E-state index in [1.807, 2.05) is 60.8 Å². The Kier molecular flexibility index (Phi) is 10.2. The zero-order chi connectivity index (χ0) is 34.8. The number of rotatable bonds is 12. The number of ether oxygens (including phenoxy) is 2. The monoisotopic (exact) mass is 715 g/mol. The number of fused-ring (bicyclic) bond motifs is 1. The minimum atomic E-state index is -0.143. The van der Waals surface area contributed by atoms with Gasteiger partial charge in [0.25, 0.3) is 5.56 Å². The van der Waals surface area contributed by atoms with Crippen LogP contribution in [0.4, 0.5) is 0 Å². The van der Waals surface area contributed by atoms with Crippen LogP contribution in [-0.4, -0.2) is 64.0 Å². The minimum absolute atomic E-state index is 0.0960. The molecule has 2 aromatic carbocycles. The van der Waals surface area contributed by atoms with Crippen molar-refractivity contribution in [3.8, 4) is 39.4 Å². The van der Waals surface area contributed by atoms with E-state index in [-0.39, 0.29) is 23.6 Å². The van der Waals surface area contributed by atoms with Gasteiger partial charge < -0.3 is 25.4 Å². The SMILES string of the molecule is COc1nc(-c2cccc(-c3cccc(-c4cc5c(=O)n(C)c(CNC[C@H]6CCCO6)nn5c4)c3Cl)c2Cl)ccc1CNC[C@@H]1CCC(=O)N1. The van der Waals surface area contributed by atoms with Crippen molar-refractivity contribution in [3.05, 3.63) is 92.6 Å². The van der Waals surface area contributed by atoms with Crippen LogP contribution < -0.4 is 26.2 Å². The number of hydrogen-bond donors (Lipinski definition) is 3. The van der Waals surface area contributed by atoms with Crippen molar-refractivity contribution in [3.63, 3.8) is 0 Å². The molecule has 2 aliphatic rings. The maximum absolute atomic E-state index is 13.4. The second-order valence-electron chi connectivity index (χ2n) is 12.7. The van der Waals surface area contributed by atoms with Gasteiger partial charge in [-0.25, -0.2) is 9.50 Å². The highest BCUT2D eigenvalue weighted by molar-refractivity contribution is 6.39. The van der Waals surface area contributed by atoms with Crippen LogP contribution >= 0.6 is 23.2 Å². The second-order valence-corrected chi connectivity index (χ2v) is 13.5. The fourth-order valence-electron chi connectivity index (χ4n) is 6.67. The maximum Gasteiger partial charge on any atom is 0.277 e. The van der Waals surface area contributed by atoms with Gasteiger partial charge in [-0.2, -0.15) is 5.10 Å². The number of pyridine rings is 1. The van der Waals surface area contributed by atoms with Gasteiger partial charge in [0.1, 0.15) is 11.3 Å². The number of halogens is 2. The molecule has 0 saturated carbocycles. The predicted octanol–water partition coefficient (Wildman–Crippen LogP) is 5.38. The molecule has 3 aromatic heterocycles. The third-order valence-corrected chi connectivity index (χ3v) is 10.2. The van der Waals surface area contributed by atoms with Gasteiger partial charge in [-0.15, -0.1) is 0 Å². The number of benzene rings is 2. The Balaban J connectivity index is 1.13. The topological polar surface area (TPSA) is 124 Å². The summed E-state index contributed by atoms with van der Waals surface area (Å²) in [6.07, 6.45) is 5.54. The number of carbonyl (C=O) groups is 1. The molecule has 2 aliphatic heterocycles. The zero-order valence-corrected chi connectivity index (χ0v) is 29.5. The van der Waals surface area contributed by atoms with E-state index in [9.17, 15) is 9.59 Å². The fourth-order valence-corrected chi connectivity index (χ4v) is 7.33. The van der Waals surface area contributed by atoms with Gasteiger partial charge in [-0.3, -0.25) is 14.2 Å². The summed E-state index contributed by atoms with van der Waals surface area (Å²) in [6.45, 7) is 3.18. The van der Waals surface area contributed by atoms with Crippen molar-refractivity contribution in [2.45, 2.75) is 50.9 Å². The average molecular weight is 717 g/mol. The van der Waals surface area contributed by atoms with E-state index in [0.717, 1.165) is 59.3 Å². The summed E-state index contributed by atoms with van der Waals surface area (Å²) in [5.41, 5.74) is 5.63. The number of nitrogens with one attached hydrogen (secondary N) is 3. The van der Waals surface area contributed by atoms with Crippen molar-refractivity contribution in [2.75, 3.05) is 26.8 Å². The van der Waals surface area contributed by atoms with Crippen LogP contribution in [0.15, 0.2) is 65.6 Å².